The molecule has 18 heavy (non-hydrogen) atoms. The maximum Gasteiger partial charge on any atom is 0.0513 e. The number of hydrogen-bond donors (Lipinski definition) is 1. The van der Waals surface area contributed by atoms with Gasteiger partial charge in [0.25, 0.3) is 0 Å². The Morgan fingerprint density at radius 2 is 2.11 bits per heavy atom. The van der Waals surface area contributed by atoms with Gasteiger partial charge in [-0.05, 0) is 66.4 Å². The van der Waals surface area contributed by atoms with E-state index in [4.69, 9.17) is 0 Å². The zero-order valence-corrected chi connectivity index (χ0v) is 13.1. The summed E-state index contributed by atoms with van der Waals surface area (Å²) >= 11 is 3.73. The molecule has 0 bridgehead atoms. The average molecular weight is 311 g/mol. The number of benzene rings is 1. The Hall–Kier alpha value is -0.540. The van der Waals surface area contributed by atoms with Crippen LogP contribution in [0.2, 0.25) is 0 Å². The summed E-state index contributed by atoms with van der Waals surface area (Å²) in [6.07, 6.45) is 2.65. The number of hydrogen-bond acceptors (Lipinski definition) is 2. The van der Waals surface area contributed by atoms with Crippen molar-refractivity contribution in [3.05, 3.63) is 28.2 Å². The van der Waals surface area contributed by atoms with Crippen LogP contribution in [0.25, 0.3) is 0 Å². The minimum absolute atomic E-state index is 0.646. The molecule has 1 aliphatic rings. The lowest BCUT2D eigenvalue weighted by atomic mass is 9.94. The highest BCUT2D eigenvalue weighted by Crippen LogP contribution is 2.33. The van der Waals surface area contributed by atoms with Gasteiger partial charge >= 0.3 is 0 Å². The molecule has 1 aromatic rings. The van der Waals surface area contributed by atoms with Crippen LogP contribution in [0.4, 0.5) is 5.69 Å². The molecule has 3 heteroatoms. The van der Waals surface area contributed by atoms with E-state index in [2.05, 4.69) is 58.2 Å². The number of piperidine rings is 1. The third kappa shape index (κ3) is 3.07. The monoisotopic (exact) mass is 310 g/mol. The Morgan fingerprint density at radius 1 is 1.33 bits per heavy atom. The van der Waals surface area contributed by atoms with Gasteiger partial charge in [0.2, 0.25) is 0 Å². The van der Waals surface area contributed by atoms with Crippen molar-refractivity contribution in [3.8, 4) is 0 Å². The molecule has 1 heterocycles. The predicted molar refractivity (Wildman–Crippen MR) is 82.1 cm³/mol. The molecule has 0 saturated carbocycles. The molecule has 100 valence electrons. The molecule has 1 N–H and O–H groups in total. The molecule has 2 unspecified atom stereocenters. The molecule has 2 nitrogen and oxygen atoms in total. The van der Waals surface area contributed by atoms with Gasteiger partial charge in [-0.15, -0.1) is 0 Å². The quantitative estimate of drug-likeness (QED) is 0.913. The maximum absolute atomic E-state index is 3.73. The van der Waals surface area contributed by atoms with Crippen LogP contribution in [0.3, 0.4) is 0 Å². The van der Waals surface area contributed by atoms with Crippen LogP contribution in [-0.4, -0.2) is 19.6 Å². The fraction of sp³-hybridized carbons (Fsp3) is 0.600. The second-order valence-electron chi connectivity index (χ2n) is 5.50. The number of nitrogens with zero attached hydrogens (tertiary/aromatic N) is 1. The van der Waals surface area contributed by atoms with Gasteiger partial charge in [0, 0.05) is 23.6 Å². The van der Waals surface area contributed by atoms with E-state index in [0.717, 1.165) is 12.5 Å². The predicted octanol–water partition coefficient (Wildman–Crippen LogP) is 3.79. The third-order valence-corrected chi connectivity index (χ3v) is 4.46. The molecule has 1 aliphatic heterocycles. The standard InChI is InChI=1S/C15H23BrN2/c1-11-4-5-12(2)18(10-11)15-7-6-13(9-17-3)8-14(15)16/h6-8,11-12,17H,4-5,9-10H2,1-3H3. The first-order valence-corrected chi connectivity index (χ1v) is 7.60. The van der Waals surface area contributed by atoms with Gasteiger partial charge in [-0.1, -0.05) is 13.0 Å². The highest BCUT2D eigenvalue weighted by molar-refractivity contribution is 9.10. The van der Waals surface area contributed by atoms with Gasteiger partial charge in [0.1, 0.15) is 0 Å². The molecular weight excluding hydrogens is 288 g/mol. The van der Waals surface area contributed by atoms with Crippen LogP contribution in [0.15, 0.2) is 22.7 Å². The second kappa shape index (κ2) is 6.07. The van der Waals surface area contributed by atoms with E-state index in [1.165, 1.54) is 35.1 Å². The molecule has 2 rings (SSSR count). The number of nitrogens with one attached hydrogen (secondary N) is 1. The van der Waals surface area contributed by atoms with Crippen molar-refractivity contribution in [1.82, 2.24) is 5.32 Å². The van der Waals surface area contributed by atoms with Crippen LogP contribution in [0.5, 0.6) is 0 Å². The van der Waals surface area contributed by atoms with Crippen LogP contribution in [0.1, 0.15) is 32.3 Å². The van der Waals surface area contributed by atoms with Crippen molar-refractivity contribution >= 4 is 21.6 Å². The van der Waals surface area contributed by atoms with Gasteiger partial charge in [0.15, 0.2) is 0 Å². The van der Waals surface area contributed by atoms with Crippen molar-refractivity contribution in [2.75, 3.05) is 18.5 Å². The summed E-state index contributed by atoms with van der Waals surface area (Å²) in [5, 5.41) is 3.19. The van der Waals surface area contributed by atoms with Gasteiger partial charge < -0.3 is 10.2 Å². The lowest BCUT2D eigenvalue weighted by Gasteiger charge is -2.39. The third-order valence-electron chi connectivity index (χ3n) is 3.82. The van der Waals surface area contributed by atoms with E-state index in [1.807, 2.05) is 7.05 Å². The zero-order valence-electron chi connectivity index (χ0n) is 11.5. The fourth-order valence-electron chi connectivity index (χ4n) is 2.72. The minimum atomic E-state index is 0.646. The van der Waals surface area contributed by atoms with Gasteiger partial charge in [-0.25, -0.2) is 0 Å². The SMILES string of the molecule is CNCc1ccc(N2CC(C)CCC2C)c(Br)c1. The smallest absolute Gasteiger partial charge is 0.0513 e. The molecular formula is C15H23BrN2. The van der Waals surface area contributed by atoms with E-state index >= 15 is 0 Å². The Kier molecular flexibility index (Phi) is 4.68. The van der Waals surface area contributed by atoms with Gasteiger partial charge in [-0.2, -0.15) is 0 Å². The van der Waals surface area contributed by atoms with Crippen molar-refractivity contribution < 1.29 is 0 Å². The topological polar surface area (TPSA) is 15.3 Å². The Balaban J connectivity index is 2.21. The van der Waals surface area contributed by atoms with Crippen LogP contribution in [-0.2, 0) is 6.54 Å². The fourth-order valence-corrected chi connectivity index (χ4v) is 3.38. The molecule has 0 aromatic heterocycles. The molecule has 2 atom stereocenters. The molecule has 1 saturated heterocycles. The normalized spacial score (nSPS) is 24.3. The highest BCUT2D eigenvalue weighted by atomic mass is 79.9. The molecule has 0 spiro atoms. The Morgan fingerprint density at radius 3 is 2.78 bits per heavy atom. The number of anilines is 1. The van der Waals surface area contributed by atoms with Gasteiger partial charge in [0.05, 0.1) is 5.69 Å². The summed E-state index contributed by atoms with van der Waals surface area (Å²) in [4.78, 5) is 2.54. The van der Waals surface area contributed by atoms with Crippen LogP contribution < -0.4 is 10.2 Å². The van der Waals surface area contributed by atoms with Crippen molar-refractivity contribution in [2.24, 2.45) is 5.92 Å². The van der Waals surface area contributed by atoms with Crippen molar-refractivity contribution in [3.63, 3.8) is 0 Å². The summed E-state index contributed by atoms with van der Waals surface area (Å²) in [6.45, 7) is 6.78. The summed E-state index contributed by atoms with van der Waals surface area (Å²) in [5.41, 5.74) is 2.67. The largest absolute Gasteiger partial charge is 0.368 e. The number of halogens is 1. The lowest BCUT2D eigenvalue weighted by Crippen LogP contribution is -2.41. The Bertz CT molecular complexity index is 405. The van der Waals surface area contributed by atoms with E-state index < -0.39 is 0 Å². The van der Waals surface area contributed by atoms with E-state index in [9.17, 15) is 0 Å². The van der Waals surface area contributed by atoms with Crippen molar-refractivity contribution in [1.29, 1.82) is 0 Å². The van der Waals surface area contributed by atoms with E-state index in [0.29, 0.717) is 6.04 Å². The van der Waals surface area contributed by atoms with E-state index in [-0.39, 0.29) is 0 Å². The molecule has 1 aromatic carbocycles. The van der Waals surface area contributed by atoms with Crippen LogP contribution in [0, 0.1) is 5.92 Å². The van der Waals surface area contributed by atoms with Crippen LogP contribution >= 0.6 is 15.9 Å². The first-order valence-electron chi connectivity index (χ1n) is 6.81. The van der Waals surface area contributed by atoms with Gasteiger partial charge in [-0.3, -0.25) is 0 Å². The Labute approximate surface area is 119 Å². The summed E-state index contributed by atoms with van der Waals surface area (Å²) in [6, 6.07) is 7.36. The highest BCUT2D eigenvalue weighted by Gasteiger charge is 2.24. The minimum Gasteiger partial charge on any atom is -0.368 e. The second-order valence-corrected chi connectivity index (χ2v) is 6.35. The maximum atomic E-state index is 3.73. The molecule has 0 aliphatic carbocycles. The summed E-state index contributed by atoms with van der Waals surface area (Å²) in [5.74, 6) is 0.796. The molecule has 0 radical (unpaired) electrons. The summed E-state index contributed by atoms with van der Waals surface area (Å²) in [7, 11) is 1.98. The molecule has 1 fully saturated rings. The first-order chi connectivity index (χ1) is 8.61. The first kappa shape index (κ1) is 13.9. The number of rotatable bonds is 3. The summed E-state index contributed by atoms with van der Waals surface area (Å²) < 4.78 is 1.22. The molecule has 0 amide bonds. The lowest BCUT2D eigenvalue weighted by molar-refractivity contribution is 0.390. The average Bonchev–Trinajstić information content (AvgIpc) is 2.33. The zero-order chi connectivity index (χ0) is 13.1. The van der Waals surface area contributed by atoms with E-state index in [1.54, 1.807) is 0 Å². The van der Waals surface area contributed by atoms with Crippen molar-refractivity contribution in [2.45, 2.75) is 39.3 Å².